The van der Waals surface area contributed by atoms with E-state index in [1.165, 1.54) is 17.2 Å². The van der Waals surface area contributed by atoms with Gasteiger partial charge in [0, 0.05) is 24.8 Å². The van der Waals surface area contributed by atoms with Gasteiger partial charge in [0.05, 0.1) is 17.0 Å². The van der Waals surface area contributed by atoms with Crippen molar-refractivity contribution in [1.82, 2.24) is 15.1 Å². The molecular weight excluding hydrogens is 341 g/mol. The molecule has 0 amide bonds. The van der Waals surface area contributed by atoms with Crippen LogP contribution in [0.5, 0.6) is 0 Å². The molecule has 1 aliphatic rings. The van der Waals surface area contributed by atoms with Crippen LogP contribution in [0.15, 0.2) is 65.2 Å². The van der Waals surface area contributed by atoms with E-state index in [2.05, 4.69) is 40.3 Å². The first-order valence-electron chi connectivity index (χ1n) is 8.96. The zero-order valence-electron chi connectivity index (χ0n) is 14.9. The van der Waals surface area contributed by atoms with Gasteiger partial charge >= 0.3 is 0 Å². The third-order valence-electron chi connectivity index (χ3n) is 5.19. The van der Waals surface area contributed by atoms with Gasteiger partial charge in [-0.3, -0.25) is 0 Å². The first kappa shape index (κ1) is 16.1. The van der Waals surface area contributed by atoms with Crippen molar-refractivity contribution >= 4 is 11.0 Å². The maximum absolute atomic E-state index is 14.1. The highest BCUT2D eigenvalue weighted by molar-refractivity contribution is 5.79. The van der Waals surface area contributed by atoms with Crippen molar-refractivity contribution in [1.29, 1.82) is 0 Å². The number of benzene rings is 2. The second kappa shape index (κ2) is 6.28. The molecule has 2 aromatic heterocycles. The standard InChI is InChI=1S/C22H18FN3O/c1-26-12-15-10-14(20-5-3-9-24-25-20)7-8-16(15)18(13-26)22-11-17-19(23)4-2-6-21(17)27-22/h2-11,18H,12-13H2,1H3. The summed E-state index contributed by atoms with van der Waals surface area (Å²) in [5, 5.41) is 8.72. The summed E-state index contributed by atoms with van der Waals surface area (Å²) in [5.41, 5.74) is 4.96. The Bertz CT molecular complexity index is 1120. The van der Waals surface area contributed by atoms with Crippen LogP contribution in [0.2, 0.25) is 0 Å². The number of halogens is 1. The molecule has 134 valence electrons. The number of rotatable bonds is 2. The van der Waals surface area contributed by atoms with E-state index in [1.54, 1.807) is 12.3 Å². The van der Waals surface area contributed by atoms with Crippen molar-refractivity contribution in [3.8, 4) is 11.3 Å². The fourth-order valence-electron chi connectivity index (χ4n) is 3.92. The highest BCUT2D eigenvalue weighted by Crippen LogP contribution is 2.37. The molecule has 1 unspecified atom stereocenters. The van der Waals surface area contributed by atoms with E-state index >= 15 is 0 Å². The van der Waals surface area contributed by atoms with Gasteiger partial charge in [0.15, 0.2) is 0 Å². The summed E-state index contributed by atoms with van der Waals surface area (Å²) in [6.45, 7) is 1.69. The lowest BCUT2D eigenvalue weighted by molar-refractivity contribution is 0.282. The Morgan fingerprint density at radius 1 is 1.11 bits per heavy atom. The van der Waals surface area contributed by atoms with Crippen LogP contribution < -0.4 is 0 Å². The highest BCUT2D eigenvalue weighted by Gasteiger charge is 2.28. The van der Waals surface area contributed by atoms with Crippen LogP contribution in [-0.4, -0.2) is 28.7 Å². The second-order valence-electron chi connectivity index (χ2n) is 7.07. The molecule has 4 aromatic rings. The lowest BCUT2D eigenvalue weighted by atomic mass is 9.86. The van der Waals surface area contributed by atoms with E-state index in [9.17, 15) is 4.39 Å². The summed E-state index contributed by atoms with van der Waals surface area (Å²) in [7, 11) is 2.09. The topological polar surface area (TPSA) is 42.2 Å². The van der Waals surface area contributed by atoms with Crippen molar-refractivity contribution in [3.05, 3.63) is 83.5 Å². The second-order valence-corrected chi connectivity index (χ2v) is 7.07. The Morgan fingerprint density at radius 3 is 2.85 bits per heavy atom. The van der Waals surface area contributed by atoms with Gasteiger partial charge in [0.2, 0.25) is 0 Å². The minimum atomic E-state index is -0.245. The quantitative estimate of drug-likeness (QED) is 0.524. The van der Waals surface area contributed by atoms with E-state index in [0.717, 1.165) is 30.1 Å². The van der Waals surface area contributed by atoms with Crippen molar-refractivity contribution < 1.29 is 8.81 Å². The Morgan fingerprint density at radius 2 is 2.04 bits per heavy atom. The number of fused-ring (bicyclic) bond motifs is 2. The molecule has 0 aliphatic carbocycles. The number of hydrogen-bond donors (Lipinski definition) is 0. The van der Waals surface area contributed by atoms with E-state index < -0.39 is 0 Å². The third-order valence-corrected chi connectivity index (χ3v) is 5.19. The number of furan rings is 1. The van der Waals surface area contributed by atoms with Crippen molar-refractivity contribution in [3.63, 3.8) is 0 Å². The van der Waals surface area contributed by atoms with Crippen molar-refractivity contribution in [2.45, 2.75) is 12.5 Å². The smallest absolute Gasteiger partial charge is 0.137 e. The number of likely N-dealkylation sites (N-methyl/N-ethyl adjacent to an activating group) is 1. The summed E-state index contributed by atoms with van der Waals surface area (Å²) < 4.78 is 20.1. The van der Waals surface area contributed by atoms with Gasteiger partial charge in [-0.25, -0.2) is 4.39 Å². The van der Waals surface area contributed by atoms with Crippen LogP contribution in [0.3, 0.4) is 0 Å². The minimum Gasteiger partial charge on any atom is -0.460 e. The zero-order chi connectivity index (χ0) is 18.4. The van der Waals surface area contributed by atoms with Gasteiger partial charge in [0.1, 0.15) is 17.2 Å². The first-order chi connectivity index (χ1) is 13.2. The molecule has 5 rings (SSSR count). The summed E-state index contributed by atoms with van der Waals surface area (Å²) in [4.78, 5) is 2.26. The molecule has 5 heteroatoms. The molecule has 0 radical (unpaired) electrons. The Labute approximate surface area is 156 Å². The summed E-state index contributed by atoms with van der Waals surface area (Å²) in [5.74, 6) is 0.626. The zero-order valence-corrected chi connectivity index (χ0v) is 14.9. The number of nitrogens with zero attached hydrogens (tertiary/aromatic N) is 3. The van der Waals surface area contributed by atoms with Gasteiger partial charge in [0.25, 0.3) is 0 Å². The molecule has 2 aromatic carbocycles. The van der Waals surface area contributed by atoms with E-state index in [-0.39, 0.29) is 11.7 Å². The van der Waals surface area contributed by atoms with Gasteiger partial charge in [-0.15, -0.1) is 0 Å². The highest BCUT2D eigenvalue weighted by atomic mass is 19.1. The lowest BCUT2D eigenvalue weighted by Gasteiger charge is -2.31. The van der Waals surface area contributed by atoms with Crippen LogP contribution in [0.1, 0.15) is 22.8 Å². The van der Waals surface area contributed by atoms with Gasteiger partial charge < -0.3 is 9.32 Å². The largest absolute Gasteiger partial charge is 0.460 e. The Hall–Kier alpha value is -3.05. The number of aromatic nitrogens is 2. The fraction of sp³-hybridized carbons (Fsp3) is 0.182. The molecule has 4 nitrogen and oxygen atoms in total. The van der Waals surface area contributed by atoms with Crippen LogP contribution in [-0.2, 0) is 6.54 Å². The molecule has 0 bridgehead atoms. The molecule has 27 heavy (non-hydrogen) atoms. The molecule has 0 spiro atoms. The molecule has 0 N–H and O–H groups in total. The average Bonchev–Trinajstić information content (AvgIpc) is 3.13. The van der Waals surface area contributed by atoms with Crippen LogP contribution >= 0.6 is 0 Å². The maximum Gasteiger partial charge on any atom is 0.137 e. The third kappa shape index (κ3) is 2.80. The Kier molecular flexibility index (Phi) is 3.76. The van der Waals surface area contributed by atoms with Gasteiger partial charge in [-0.1, -0.05) is 18.2 Å². The molecule has 3 heterocycles. The molecule has 1 atom stereocenters. The predicted molar refractivity (Wildman–Crippen MR) is 102 cm³/mol. The average molecular weight is 359 g/mol. The maximum atomic E-state index is 14.1. The summed E-state index contributed by atoms with van der Waals surface area (Å²) in [6.07, 6.45) is 1.67. The monoisotopic (exact) mass is 359 g/mol. The van der Waals surface area contributed by atoms with E-state index in [0.29, 0.717) is 11.0 Å². The van der Waals surface area contributed by atoms with Gasteiger partial charge in [-0.2, -0.15) is 10.2 Å². The molecule has 0 saturated carbocycles. The van der Waals surface area contributed by atoms with E-state index in [1.807, 2.05) is 24.3 Å². The minimum absolute atomic E-state index is 0.0708. The summed E-state index contributed by atoms with van der Waals surface area (Å²) >= 11 is 0. The van der Waals surface area contributed by atoms with Crippen LogP contribution in [0.4, 0.5) is 4.39 Å². The lowest BCUT2D eigenvalue weighted by Crippen LogP contribution is -2.30. The van der Waals surface area contributed by atoms with Crippen molar-refractivity contribution in [2.24, 2.45) is 0 Å². The molecule has 0 fully saturated rings. The molecule has 0 saturated heterocycles. The predicted octanol–water partition coefficient (Wildman–Crippen LogP) is 4.61. The SMILES string of the molecule is CN1Cc2cc(-c3cccnn3)ccc2C(c2cc3c(F)cccc3o2)C1. The van der Waals surface area contributed by atoms with Crippen LogP contribution in [0, 0.1) is 5.82 Å². The molecular formula is C22H18FN3O. The van der Waals surface area contributed by atoms with Crippen LogP contribution in [0.25, 0.3) is 22.2 Å². The normalized spacial score (nSPS) is 17.2. The number of hydrogen-bond acceptors (Lipinski definition) is 4. The fourth-order valence-corrected chi connectivity index (χ4v) is 3.92. The van der Waals surface area contributed by atoms with Crippen molar-refractivity contribution in [2.75, 3.05) is 13.6 Å². The van der Waals surface area contributed by atoms with Gasteiger partial charge in [-0.05, 0) is 54.6 Å². The molecule has 1 aliphatic heterocycles. The summed E-state index contributed by atoms with van der Waals surface area (Å²) in [6, 6.07) is 17.0. The Balaban J connectivity index is 1.60. The van der Waals surface area contributed by atoms with E-state index in [4.69, 9.17) is 4.42 Å². The first-order valence-corrected chi connectivity index (χ1v) is 8.96.